The van der Waals surface area contributed by atoms with Crippen LogP contribution in [0.4, 0.5) is 0 Å². The van der Waals surface area contributed by atoms with E-state index >= 15 is 0 Å². The first-order valence-corrected chi connectivity index (χ1v) is 19.6. The molecular weight excluding hydrogens is 620 g/mol. The van der Waals surface area contributed by atoms with Gasteiger partial charge < -0.3 is 60.7 Å². The average molecular weight is 685 g/mol. The molecule has 6 nitrogen and oxygen atoms in total. The van der Waals surface area contributed by atoms with Gasteiger partial charge in [-0.05, 0) is 55.5 Å². The maximum absolute atomic E-state index is 10.7. The van der Waals surface area contributed by atoms with Crippen LogP contribution in [0.15, 0.2) is 0 Å². The molecule has 0 rings (SSSR count). The molecule has 0 amide bonds. The summed E-state index contributed by atoms with van der Waals surface area (Å²) in [5.74, 6) is 0. The normalized spacial score (nSPS) is 12.8. The molecule has 0 spiro atoms. The largest absolute Gasteiger partial charge is 2.00 e. The Hall–Kier alpha value is 2.02. The molecule has 0 aromatic rings. The summed E-state index contributed by atoms with van der Waals surface area (Å²) in [7, 11) is -3.44. The number of hydrogen-bond donors (Lipinski definition) is 2. The van der Waals surface area contributed by atoms with Crippen molar-refractivity contribution in [3.8, 4) is 0 Å². The topological polar surface area (TPSA) is 99.1 Å². The predicted octanol–water partition coefficient (Wildman–Crippen LogP) is -0.392. The minimum atomic E-state index is -1.75. The van der Waals surface area contributed by atoms with Gasteiger partial charge in [0.1, 0.15) is 6.29 Å². The Balaban J connectivity index is -0.0000000939. The van der Waals surface area contributed by atoms with E-state index in [9.17, 15) is 15.0 Å². The maximum atomic E-state index is 10.7. The molecule has 0 bridgehead atoms. The molecule has 0 aliphatic rings. The van der Waals surface area contributed by atoms with Crippen LogP contribution in [0.1, 0.15) is 94.9 Å². The molecule has 0 aromatic carbocycles. The van der Waals surface area contributed by atoms with Crippen LogP contribution in [0.2, 0.25) is 36.3 Å². The summed E-state index contributed by atoms with van der Waals surface area (Å²) in [4.78, 5) is 10.7. The second-order valence-electron chi connectivity index (χ2n) is 14.5. The molecule has 0 aliphatic heterocycles. The number of rotatable bonds is 13. The number of carbonyl (C=O) groups is 1. The second-order valence-corrected chi connectivity index (χ2v) is 24.1. The fraction of sp³-hybridized carbons (Fsp3) is 0.931. The van der Waals surface area contributed by atoms with E-state index in [4.69, 9.17) is 14.0 Å². The summed E-state index contributed by atoms with van der Waals surface area (Å²) in [6.07, 6.45) is 3.47. The first-order valence-electron chi connectivity index (χ1n) is 13.8. The Morgan fingerprint density at radius 2 is 1.15 bits per heavy atom. The van der Waals surface area contributed by atoms with Gasteiger partial charge in [-0.3, -0.25) is 0 Å². The van der Waals surface area contributed by atoms with Gasteiger partial charge in [-0.2, -0.15) is 13.0 Å². The zero-order chi connectivity index (χ0) is 30.4. The molecule has 0 aliphatic carbocycles. The Morgan fingerprint density at radius 3 is 1.41 bits per heavy atom. The van der Waals surface area contributed by atoms with E-state index in [1.54, 1.807) is 0 Å². The third-order valence-corrected chi connectivity index (χ3v) is 16.4. The quantitative estimate of drug-likeness (QED) is 0.119. The standard InChI is InChI=1S/C15H34O3Si.C11H24O2Si.C3H6O.2ClH.2Mg/c1-14(2,3)19(6,7)18-12-15(4,5)13(17)10-8-9-11-16;1-10(2,3)14(6,7)13-9-11(4,5)8-12;1-2-3-4;;;;/h13,16-17H,8-12H2,1-7H3;8H,9H2,1-7H3;1-3H2;2*1H;;/q;;-2;;;2*+2/p-2. The van der Waals surface area contributed by atoms with Crippen molar-refractivity contribution in [1.82, 2.24) is 0 Å². The summed E-state index contributed by atoms with van der Waals surface area (Å²) in [6.45, 7) is 34.7. The number of halogens is 2. The van der Waals surface area contributed by atoms with Gasteiger partial charge in [0.25, 0.3) is 0 Å². The molecule has 0 saturated carbocycles. The summed E-state index contributed by atoms with van der Waals surface area (Å²) in [5, 5.41) is 28.7. The van der Waals surface area contributed by atoms with Crippen molar-refractivity contribution in [1.29, 1.82) is 0 Å². The molecule has 1 unspecified atom stereocenters. The van der Waals surface area contributed by atoms with Gasteiger partial charge in [0.2, 0.25) is 0 Å². The first kappa shape index (κ1) is 58.5. The van der Waals surface area contributed by atoms with Crippen LogP contribution in [0.5, 0.6) is 0 Å². The number of hydrogen-bond acceptors (Lipinski definition) is 6. The minimum absolute atomic E-state index is 0. The molecule has 1 atom stereocenters. The SMILES string of the molecule is CC(C)(C=O)CO[Si](C)(C)C(C)(C)C.CC(C)(CO[Si](C)(C)C(C)(C)C)C(O)CCCCO.[CH2-]CC[O-].[Cl-].[Cl-].[Mg+2].[Mg+2]. The van der Waals surface area contributed by atoms with Crippen molar-refractivity contribution in [3.63, 3.8) is 0 Å². The van der Waals surface area contributed by atoms with E-state index in [0.29, 0.717) is 19.6 Å². The van der Waals surface area contributed by atoms with Gasteiger partial charge in [-0.15, -0.1) is 0 Å². The van der Waals surface area contributed by atoms with Crippen molar-refractivity contribution in [2.24, 2.45) is 10.8 Å². The molecule has 2 N–H and O–H groups in total. The van der Waals surface area contributed by atoms with Gasteiger partial charge in [-0.1, -0.05) is 69.2 Å². The van der Waals surface area contributed by atoms with Crippen molar-refractivity contribution in [2.75, 3.05) is 26.4 Å². The molecule has 242 valence electrons. The van der Waals surface area contributed by atoms with Crippen LogP contribution in [-0.4, -0.2) is 112 Å². The third-order valence-electron chi connectivity index (χ3n) is 7.47. The minimum Gasteiger partial charge on any atom is -1.00 e. The number of aliphatic hydroxyl groups excluding tert-OH is 2. The number of aldehydes is 1. The van der Waals surface area contributed by atoms with Gasteiger partial charge in [0.15, 0.2) is 16.6 Å². The molecule has 12 heteroatoms. The Morgan fingerprint density at radius 1 is 0.805 bits per heavy atom. The number of carbonyl (C=O) groups excluding carboxylic acids is 1. The Kier molecular flexibility index (Phi) is 37.3. The van der Waals surface area contributed by atoms with Gasteiger partial charge in [0.05, 0.1) is 6.10 Å². The fourth-order valence-electron chi connectivity index (χ4n) is 2.14. The number of aliphatic hydroxyl groups is 2. The van der Waals surface area contributed by atoms with E-state index in [0.717, 1.165) is 25.5 Å². The average Bonchev–Trinajstić information content (AvgIpc) is 2.76. The zero-order valence-electron chi connectivity index (χ0n) is 29.2. The third kappa shape index (κ3) is 28.0. The molecule has 0 aromatic heterocycles. The summed E-state index contributed by atoms with van der Waals surface area (Å²) in [6, 6.07) is 0. The van der Waals surface area contributed by atoms with E-state index in [2.05, 4.69) is 88.5 Å². The monoisotopic (exact) mass is 682 g/mol. The second kappa shape index (κ2) is 26.1. The summed E-state index contributed by atoms with van der Waals surface area (Å²) < 4.78 is 12.2. The van der Waals surface area contributed by atoms with Gasteiger partial charge in [-0.25, -0.2) is 0 Å². The van der Waals surface area contributed by atoms with Crippen molar-refractivity contribution < 1.29 is 53.8 Å². The Labute approximate surface area is 302 Å². The molecule has 0 heterocycles. The van der Waals surface area contributed by atoms with Crippen molar-refractivity contribution in [2.45, 2.75) is 137 Å². The van der Waals surface area contributed by atoms with Crippen LogP contribution in [0, 0.1) is 17.8 Å². The smallest absolute Gasteiger partial charge is 1.00 e. The van der Waals surface area contributed by atoms with Crippen molar-refractivity contribution in [3.05, 3.63) is 6.92 Å². The first-order chi connectivity index (χ1) is 16.4. The van der Waals surface area contributed by atoms with E-state index in [1.165, 1.54) is 0 Å². The fourth-order valence-corrected chi connectivity index (χ4v) is 4.47. The van der Waals surface area contributed by atoms with Gasteiger partial charge in [0, 0.05) is 30.7 Å². The van der Waals surface area contributed by atoms with E-state index in [1.807, 2.05) is 13.8 Å². The van der Waals surface area contributed by atoms with Crippen LogP contribution in [-0.2, 0) is 13.6 Å². The summed E-state index contributed by atoms with van der Waals surface area (Å²) >= 11 is 0. The molecule has 41 heavy (non-hydrogen) atoms. The van der Waals surface area contributed by atoms with E-state index in [-0.39, 0.29) is 111 Å². The van der Waals surface area contributed by atoms with E-state index < -0.39 is 16.6 Å². The maximum Gasteiger partial charge on any atom is 2.00 e. The van der Waals surface area contributed by atoms with Gasteiger partial charge >= 0.3 is 46.1 Å². The number of unbranched alkanes of at least 4 members (excludes halogenated alkanes) is 1. The molecule has 0 radical (unpaired) electrons. The molecule has 0 saturated heterocycles. The zero-order valence-corrected chi connectivity index (χ0v) is 35.6. The summed E-state index contributed by atoms with van der Waals surface area (Å²) in [5.41, 5.74) is -0.583. The predicted molar refractivity (Wildman–Crippen MR) is 173 cm³/mol. The van der Waals surface area contributed by atoms with Crippen molar-refractivity contribution >= 4 is 69.0 Å². The Bertz CT molecular complexity index is 611. The van der Waals surface area contributed by atoms with Crippen LogP contribution >= 0.6 is 0 Å². The molecule has 0 fully saturated rings. The van der Waals surface area contributed by atoms with Crippen LogP contribution in [0.25, 0.3) is 0 Å². The van der Waals surface area contributed by atoms with Crippen LogP contribution in [0.3, 0.4) is 0 Å². The molecular formula is C29H64Cl2Mg2O6Si2. The van der Waals surface area contributed by atoms with Crippen LogP contribution < -0.4 is 29.9 Å².